The average Bonchev–Trinajstić information content (AvgIpc) is 2.85. The third-order valence-electron chi connectivity index (χ3n) is 2.80. The molecule has 0 spiro atoms. The molecule has 1 atom stereocenters. The first kappa shape index (κ1) is 12.7. The van der Waals surface area contributed by atoms with Crippen molar-refractivity contribution in [2.75, 3.05) is 6.54 Å². The number of hydrogen-bond acceptors (Lipinski definition) is 2. The van der Waals surface area contributed by atoms with Crippen molar-refractivity contribution >= 4 is 0 Å². The third kappa shape index (κ3) is 3.13. The maximum Gasteiger partial charge on any atom is 0.128 e. The first-order valence-corrected chi connectivity index (χ1v) is 5.81. The first-order chi connectivity index (χ1) is 8.66. The van der Waals surface area contributed by atoms with Gasteiger partial charge >= 0.3 is 0 Å². The van der Waals surface area contributed by atoms with Crippen LogP contribution in [0.25, 0.3) is 0 Å². The van der Waals surface area contributed by atoms with Crippen LogP contribution in [0.15, 0.2) is 36.9 Å². The van der Waals surface area contributed by atoms with Crippen LogP contribution in [0, 0.1) is 11.6 Å². The summed E-state index contributed by atoms with van der Waals surface area (Å²) >= 11 is 0. The van der Waals surface area contributed by atoms with Crippen molar-refractivity contribution in [2.45, 2.75) is 19.5 Å². The lowest BCUT2D eigenvalue weighted by Gasteiger charge is -2.15. The zero-order valence-electron chi connectivity index (χ0n) is 10.1. The summed E-state index contributed by atoms with van der Waals surface area (Å²) in [6.45, 7) is 3.21. The Balaban J connectivity index is 1.91. The van der Waals surface area contributed by atoms with E-state index in [0.29, 0.717) is 12.1 Å². The Morgan fingerprint density at radius 3 is 2.94 bits per heavy atom. The first-order valence-electron chi connectivity index (χ1n) is 5.81. The summed E-state index contributed by atoms with van der Waals surface area (Å²) in [5.41, 5.74) is 0.348. The van der Waals surface area contributed by atoms with Gasteiger partial charge in [-0.25, -0.2) is 13.8 Å². The van der Waals surface area contributed by atoms with Crippen LogP contribution in [-0.4, -0.2) is 16.1 Å². The zero-order chi connectivity index (χ0) is 13.0. The molecule has 0 bridgehead atoms. The summed E-state index contributed by atoms with van der Waals surface area (Å²) in [5, 5.41) is 3.15. The lowest BCUT2D eigenvalue weighted by atomic mass is 10.1. The summed E-state index contributed by atoms with van der Waals surface area (Å²) in [6.07, 6.45) is 5.28. The third-order valence-corrected chi connectivity index (χ3v) is 2.80. The minimum atomic E-state index is -0.422. The maximum absolute atomic E-state index is 13.5. The standard InChI is InChI=1S/C13H15F2N3/c1-10(12-8-11(14)2-3-13(12)15)17-5-7-18-6-4-16-9-18/h2-4,6,8-10,17H,5,7H2,1H3. The molecule has 1 unspecified atom stereocenters. The van der Waals surface area contributed by atoms with E-state index in [1.165, 1.54) is 6.07 Å². The van der Waals surface area contributed by atoms with Gasteiger partial charge in [0.1, 0.15) is 11.6 Å². The molecule has 0 radical (unpaired) electrons. The summed E-state index contributed by atoms with van der Waals surface area (Å²) in [7, 11) is 0. The normalized spacial score (nSPS) is 12.6. The molecule has 0 aliphatic carbocycles. The number of aromatic nitrogens is 2. The van der Waals surface area contributed by atoms with Crippen LogP contribution in [0.2, 0.25) is 0 Å². The molecule has 5 heteroatoms. The topological polar surface area (TPSA) is 29.9 Å². The van der Waals surface area contributed by atoms with Gasteiger partial charge in [0.05, 0.1) is 6.33 Å². The predicted molar refractivity (Wildman–Crippen MR) is 65.0 cm³/mol. The van der Waals surface area contributed by atoms with E-state index in [0.717, 1.165) is 18.7 Å². The second-order valence-corrected chi connectivity index (χ2v) is 4.14. The van der Waals surface area contributed by atoms with Crippen LogP contribution in [0.1, 0.15) is 18.5 Å². The number of benzene rings is 1. The molecule has 0 saturated heterocycles. The monoisotopic (exact) mass is 251 g/mol. The van der Waals surface area contributed by atoms with E-state index in [1.54, 1.807) is 12.5 Å². The molecule has 1 N–H and O–H groups in total. The van der Waals surface area contributed by atoms with Crippen molar-refractivity contribution in [1.29, 1.82) is 0 Å². The number of rotatable bonds is 5. The van der Waals surface area contributed by atoms with Crippen LogP contribution in [0.5, 0.6) is 0 Å². The molecule has 0 fully saturated rings. The van der Waals surface area contributed by atoms with Gasteiger partial charge in [-0.15, -0.1) is 0 Å². The summed E-state index contributed by atoms with van der Waals surface area (Å²) in [4.78, 5) is 3.93. The average molecular weight is 251 g/mol. The Labute approximate surface area is 104 Å². The summed E-state index contributed by atoms with van der Waals surface area (Å²) in [5.74, 6) is -0.811. The molecular weight excluding hydrogens is 236 g/mol. The van der Waals surface area contributed by atoms with Crippen molar-refractivity contribution in [1.82, 2.24) is 14.9 Å². The number of imidazole rings is 1. The Bertz CT molecular complexity index is 497. The largest absolute Gasteiger partial charge is 0.336 e. The second-order valence-electron chi connectivity index (χ2n) is 4.14. The highest BCUT2D eigenvalue weighted by Gasteiger charge is 2.11. The minimum Gasteiger partial charge on any atom is -0.336 e. The van der Waals surface area contributed by atoms with Gasteiger partial charge < -0.3 is 9.88 Å². The highest BCUT2D eigenvalue weighted by Crippen LogP contribution is 2.17. The smallest absolute Gasteiger partial charge is 0.128 e. The Morgan fingerprint density at radius 2 is 2.22 bits per heavy atom. The Kier molecular flexibility index (Phi) is 4.04. The molecule has 1 aromatic heterocycles. The molecular formula is C13H15F2N3. The SMILES string of the molecule is CC(NCCn1ccnc1)c1cc(F)ccc1F. The predicted octanol–water partition coefficient (Wildman–Crippen LogP) is 2.51. The van der Waals surface area contributed by atoms with Crippen LogP contribution >= 0.6 is 0 Å². The van der Waals surface area contributed by atoms with E-state index in [9.17, 15) is 8.78 Å². The van der Waals surface area contributed by atoms with Gasteiger partial charge in [-0.3, -0.25) is 0 Å². The molecule has 18 heavy (non-hydrogen) atoms. The maximum atomic E-state index is 13.5. The van der Waals surface area contributed by atoms with Crippen molar-refractivity contribution in [3.63, 3.8) is 0 Å². The molecule has 0 aliphatic heterocycles. The van der Waals surface area contributed by atoms with Gasteiger partial charge in [-0.2, -0.15) is 0 Å². The fourth-order valence-electron chi connectivity index (χ4n) is 1.79. The molecule has 96 valence electrons. The molecule has 2 rings (SSSR count). The van der Waals surface area contributed by atoms with Gasteiger partial charge in [0.15, 0.2) is 0 Å². The second kappa shape index (κ2) is 5.73. The molecule has 0 saturated carbocycles. The van der Waals surface area contributed by atoms with E-state index in [2.05, 4.69) is 10.3 Å². The van der Waals surface area contributed by atoms with E-state index in [1.807, 2.05) is 17.7 Å². The van der Waals surface area contributed by atoms with Gasteiger partial charge in [-0.1, -0.05) is 0 Å². The molecule has 0 aliphatic rings. The molecule has 0 amide bonds. The van der Waals surface area contributed by atoms with Crippen LogP contribution < -0.4 is 5.32 Å². The zero-order valence-corrected chi connectivity index (χ0v) is 10.1. The number of halogens is 2. The number of hydrogen-bond donors (Lipinski definition) is 1. The van der Waals surface area contributed by atoms with Crippen LogP contribution in [-0.2, 0) is 6.54 Å². The Morgan fingerprint density at radius 1 is 1.39 bits per heavy atom. The van der Waals surface area contributed by atoms with Gasteiger partial charge in [0, 0.05) is 37.1 Å². The summed E-state index contributed by atoms with van der Waals surface area (Å²) in [6, 6.07) is 3.27. The number of nitrogens with one attached hydrogen (secondary N) is 1. The molecule has 1 heterocycles. The fourth-order valence-corrected chi connectivity index (χ4v) is 1.79. The molecule has 1 aromatic carbocycles. The van der Waals surface area contributed by atoms with E-state index < -0.39 is 5.82 Å². The van der Waals surface area contributed by atoms with Crippen LogP contribution in [0.3, 0.4) is 0 Å². The molecule has 3 nitrogen and oxygen atoms in total. The van der Waals surface area contributed by atoms with Crippen molar-refractivity contribution in [3.05, 3.63) is 54.1 Å². The van der Waals surface area contributed by atoms with Gasteiger partial charge in [0.2, 0.25) is 0 Å². The van der Waals surface area contributed by atoms with E-state index in [4.69, 9.17) is 0 Å². The van der Waals surface area contributed by atoms with E-state index >= 15 is 0 Å². The van der Waals surface area contributed by atoms with E-state index in [-0.39, 0.29) is 11.9 Å². The quantitative estimate of drug-likeness (QED) is 0.885. The van der Waals surface area contributed by atoms with Gasteiger partial charge in [0.25, 0.3) is 0 Å². The van der Waals surface area contributed by atoms with Gasteiger partial charge in [-0.05, 0) is 25.1 Å². The highest BCUT2D eigenvalue weighted by molar-refractivity contribution is 5.21. The number of nitrogens with zero attached hydrogens (tertiary/aromatic N) is 2. The van der Waals surface area contributed by atoms with Crippen molar-refractivity contribution in [2.24, 2.45) is 0 Å². The molecule has 2 aromatic rings. The fraction of sp³-hybridized carbons (Fsp3) is 0.308. The minimum absolute atomic E-state index is 0.232. The van der Waals surface area contributed by atoms with Crippen molar-refractivity contribution in [3.8, 4) is 0 Å². The Hall–Kier alpha value is -1.75. The lowest BCUT2D eigenvalue weighted by Crippen LogP contribution is -2.23. The van der Waals surface area contributed by atoms with Crippen molar-refractivity contribution < 1.29 is 8.78 Å². The lowest BCUT2D eigenvalue weighted by molar-refractivity contribution is 0.499. The summed E-state index contributed by atoms with van der Waals surface area (Å²) < 4.78 is 28.5. The highest BCUT2D eigenvalue weighted by atomic mass is 19.1. The van der Waals surface area contributed by atoms with Crippen LogP contribution in [0.4, 0.5) is 8.78 Å².